The molecule has 20 heavy (non-hydrogen) atoms. The lowest BCUT2D eigenvalue weighted by molar-refractivity contribution is -0.136. The Bertz CT molecular complexity index is 336. The van der Waals surface area contributed by atoms with Gasteiger partial charge in [-0.1, -0.05) is 20.8 Å². The Labute approximate surface area is 122 Å². The van der Waals surface area contributed by atoms with Gasteiger partial charge in [-0.05, 0) is 45.2 Å². The Balaban J connectivity index is 2.53. The maximum Gasteiger partial charge on any atom is 0.242 e. The average molecular weight is 283 g/mol. The summed E-state index contributed by atoms with van der Waals surface area (Å²) < 4.78 is 0. The Morgan fingerprint density at radius 3 is 2.30 bits per heavy atom. The number of nitrogens with one attached hydrogen (secondary N) is 3. The number of rotatable bonds is 6. The first kappa shape index (κ1) is 17.0. The van der Waals surface area contributed by atoms with Crippen LogP contribution in [0.25, 0.3) is 0 Å². The molecule has 5 nitrogen and oxygen atoms in total. The van der Waals surface area contributed by atoms with Gasteiger partial charge in [0, 0.05) is 6.54 Å². The van der Waals surface area contributed by atoms with E-state index in [4.69, 9.17) is 0 Å². The highest BCUT2D eigenvalue weighted by Crippen LogP contribution is 2.32. The predicted octanol–water partition coefficient (Wildman–Crippen LogP) is 1.04. The zero-order chi connectivity index (χ0) is 15.2. The van der Waals surface area contributed by atoms with Crippen molar-refractivity contribution in [1.29, 1.82) is 0 Å². The van der Waals surface area contributed by atoms with E-state index >= 15 is 0 Å². The number of amides is 2. The first-order chi connectivity index (χ1) is 9.41. The van der Waals surface area contributed by atoms with Crippen LogP contribution < -0.4 is 16.0 Å². The molecule has 0 aromatic heterocycles. The molecule has 0 spiro atoms. The smallest absolute Gasteiger partial charge is 0.242 e. The zero-order valence-corrected chi connectivity index (χ0v) is 13.2. The number of carbonyl (C=O) groups excluding carboxylic acids is 2. The summed E-state index contributed by atoms with van der Waals surface area (Å²) in [7, 11) is 0. The third-order valence-corrected chi connectivity index (χ3v) is 4.14. The van der Waals surface area contributed by atoms with Crippen molar-refractivity contribution in [3.63, 3.8) is 0 Å². The van der Waals surface area contributed by atoms with Gasteiger partial charge in [0.2, 0.25) is 11.8 Å². The number of piperidine rings is 1. The van der Waals surface area contributed by atoms with Gasteiger partial charge in [0.15, 0.2) is 0 Å². The minimum absolute atomic E-state index is 0.0219. The van der Waals surface area contributed by atoms with E-state index in [1.54, 1.807) is 6.92 Å². The van der Waals surface area contributed by atoms with Crippen LogP contribution in [0.3, 0.4) is 0 Å². The zero-order valence-electron chi connectivity index (χ0n) is 13.2. The van der Waals surface area contributed by atoms with Crippen LogP contribution in [0.4, 0.5) is 0 Å². The fourth-order valence-electron chi connectivity index (χ4n) is 2.52. The molecule has 1 atom stereocenters. The van der Waals surface area contributed by atoms with Crippen LogP contribution in [0.5, 0.6) is 0 Å². The summed E-state index contributed by atoms with van der Waals surface area (Å²) in [6.45, 7) is 10.3. The van der Waals surface area contributed by atoms with Crippen molar-refractivity contribution in [2.75, 3.05) is 19.6 Å². The fraction of sp³-hybridized carbons (Fsp3) is 0.867. The van der Waals surface area contributed by atoms with Gasteiger partial charge >= 0.3 is 0 Å². The van der Waals surface area contributed by atoms with Gasteiger partial charge in [0.05, 0.1) is 5.41 Å². The maximum absolute atomic E-state index is 12.5. The van der Waals surface area contributed by atoms with E-state index in [1.165, 1.54) is 0 Å². The maximum atomic E-state index is 12.5. The minimum Gasteiger partial charge on any atom is -0.354 e. The Morgan fingerprint density at radius 1 is 1.20 bits per heavy atom. The van der Waals surface area contributed by atoms with Crippen molar-refractivity contribution >= 4 is 11.8 Å². The number of hydrogen-bond donors (Lipinski definition) is 3. The van der Waals surface area contributed by atoms with Crippen LogP contribution in [-0.4, -0.2) is 37.5 Å². The topological polar surface area (TPSA) is 70.2 Å². The van der Waals surface area contributed by atoms with Gasteiger partial charge in [0.25, 0.3) is 0 Å². The summed E-state index contributed by atoms with van der Waals surface area (Å²) >= 11 is 0. The lowest BCUT2D eigenvalue weighted by Gasteiger charge is -2.36. The number of carbonyl (C=O) groups is 2. The quantitative estimate of drug-likeness (QED) is 0.682. The standard InChI is InChI=1S/C15H29N3O2/c1-5-15(6-8-16-9-7-15)14(20)18-12(4)13(19)17-10-11(2)3/h11-12,16H,5-10H2,1-4H3,(H,17,19)(H,18,20). The highest BCUT2D eigenvalue weighted by atomic mass is 16.2. The van der Waals surface area contributed by atoms with Gasteiger partial charge in [-0.25, -0.2) is 0 Å². The van der Waals surface area contributed by atoms with Crippen LogP contribution in [0.1, 0.15) is 47.0 Å². The lowest BCUT2D eigenvalue weighted by atomic mass is 9.75. The fourth-order valence-corrected chi connectivity index (χ4v) is 2.52. The number of hydrogen-bond acceptors (Lipinski definition) is 3. The summed E-state index contributed by atoms with van der Waals surface area (Å²) in [6, 6.07) is -0.473. The van der Waals surface area contributed by atoms with Crippen molar-refractivity contribution in [2.24, 2.45) is 11.3 Å². The third-order valence-electron chi connectivity index (χ3n) is 4.14. The van der Waals surface area contributed by atoms with E-state index in [0.717, 1.165) is 32.4 Å². The van der Waals surface area contributed by atoms with Crippen molar-refractivity contribution in [3.05, 3.63) is 0 Å². The molecule has 1 aliphatic rings. The molecule has 1 rings (SSSR count). The molecular weight excluding hydrogens is 254 g/mol. The third kappa shape index (κ3) is 4.47. The molecule has 5 heteroatoms. The molecule has 0 saturated carbocycles. The minimum atomic E-state index is -0.473. The van der Waals surface area contributed by atoms with E-state index in [-0.39, 0.29) is 17.2 Å². The van der Waals surface area contributed by atoms with Gasteiger partial charge < -0.3 is 16.0 Å². The monoisotopic (exact) mass is 283 g/mol. The highest BCUT2D eigenvalue weighted by Gasteiger charge is 2.38. The summed E-state index contributed by atoms with van der Waals surface area (Å²) in [5.74, 6) is 0.328. The van der Waals surface area contributed by atoms with Crippen LogP contribution >= 0.6 is 0 Å². The first-order valence-corrected chi connectivity index (χ1v) is 7.70. The summed E-state index contributed by atoms with van der Waals surface area (Å²) in [5, 5.41) is 9.02. The Hall–Kier alpha value is -1.10. The second kappa shape index (κ2) is 7.62. The molecule has 1 aliphatic heterocycles. The van der Waals surface area contributed by atoms with E-state index in [1.807, 2.05) is 13.8 Å². The molecule has 3 N–H and O–H groups in total. The molecule has 116 valence electrons. The molecule has 1 saturated heterocycles. The van der Waals surface area contributed by atoms with Gasteiger partial charge in [0.1, 0.15) is 6.04 Å². The molecule has 0 bridgehead atoms. The summed E-state index contributed by atoms with van der Waals surface area (Å²) in [5.41, 5.74) is -0.308. The molecule has 0 aromatic carbocycles. The SMILES string of the molecule is CCC1(C(=O)NC(C)C(=O)NCC(C)C)CCNCC1. The van der Waals surface area contributed by atoms with Crippen LogP contribution in [0.15, 0.2) is 0 Å². The van der Waals surface area contributed by atoms with E-state index < -0.39 is 6.04 Å². The van der Waals surface area contributed by atoms with E-state index in [0.29, 0.717) is 12.5 Å². The second-order valence-electron chi connectivity index (χ2n) is 6.22. The molecule has 1 unspecified atom stereocenters. The summed E-state index contributed by atoms with van der Waals surface area (Å²) in [6.07, 6.45) is 2.51. The lowest BCUT2D eigenvalue weighted by Crippen LogP contribution is -2.53. The van der Waals surface area contributed by atoms with Crippen molar-refractivity contribution in [1.82, 2.24) is 16.0 Å². The van der Waals surface area contributed by atoms with E-state index in [9.17, 15) is 9.59 Å². The largest absolute Gasteiger partial charge is 0.354 e. The molecule has 1 fully saturated rings. The molecular formula is C15H29N3O2. The molecule has 0 aliphatic carbocycles. The van der Waals surface area contributed by atoms with E-state index in [2.05, 4.69) is 22.9 Å². The molecule has 0 radical (unpaired) electrons. The van der Waals surface area contributed by atoms with Crippen LogP contribution in [0, 0.1) is 11.3 Å². The average Bonchev–Trinajstić information content (AvgIpc) is 2.45. The second-order valence-corrected chi connectivity index (χ2v) is 6.22. The van der Waals surface area contributed by atoms with Crippen LogP contribution in [-0.2, 0) is 9.59 Å². The van der Waals surface area contributed by atoms with Crippen molar-refractivity contribution in [2.45, 2.75) is 53.0 Å². The molecule has 1 heterocycles. The Kier molecular flexibility index (Phi) is 6.46. The van der Waals surface area contributed by atoms with Crippen LogP contribution in [0.2, 0.25) is 0 Å². The van der Waals surface area contributed by atoms with Gasteiger partial charge in [-0.15, -0.1) is 0 Å². The predicted molar refractivity (Wildman–Crippen MR) is 80.3 cm³/mol. The summed E-state index contributed by atoms with van der Waals surface area (Å²) in [4.78, 5) is 24.4. The van der Waals surface area contributed by atoms with Gasteiger partial charge in [-0.3, -0.25) is 9.59 Å². The molecule has 0 aromatic rings. The Morgan fingerprint density at radius 2 is 1.80 bits per heavy atom. The van der Waals surface area contributed by atoms with Crippen molar-refractivity contribution in [3.8, 4) is 0 Å². The van der Waals surface area contributed by atoms with Gasteiger partial charge in [-0.2, -0.15) is 0 Å². The normalized spacial score (nSPS) is 19.4. The highest BCUT2D eigenvalue weighted by molar-refractivity contribution is 5.89. The van der Waals surface area contributed by atoms with Crippen molar-refractivity contribution < 1.29 is 9.59 Å². The first-order valence-electron chi connectivity index (χ1n) is 7.70. The molecule has 2 amide bonds.